The number of benzene rings is 1. The Hall–Kier alpha value is -4.48. The maximum absolute atomic E-state index is 14.7. The second-order valence-electron chi connectivity index (χ2n) is 12.1. The minimum Gasteiger partial charge on any atom is -0.352 e. The number of H-pyrrole nitrogens is 2. The molecule has 0 amide bonds. The van der Waals surface area contributed by atoms with Crippen LogP contribution in [0.5, 0.6) is 0 Å². The zero-order valence-electron chi connectivity index (χ0n) is 25.0. The van der Waals surface area contributed by atoms with E-state index in [0.717, 1.165) is 68.9 Å². The first kappa shape index (κ1) is 29.2. The Kier molecular flexibility index (Phi) is 7.88. The Morgan fingerprint density at radius 1 is 0.889 bits per heavy atom. The summed E-state index contributed by atoms with van der Waals surface area (Å²) in [7, 11) is -3.18. The van der Waals surface area contributed by atoms with Crippen LogP contribution in [0.25, 0.3) is 55.6 Å². The van der Waals surface area contributed by atoms with E-state index in [-0.39, 0.29) is 12.2 Å². The van der Waals surface area contributed by atoms with Gasteiger partial charge < -0.3 is 10.3 Å². The summed E-state index contributed by atoms with van der Waals surface area (Å²) in [4.78, 5) is 17.0. The topological polar surface area (TPSA) is 129 Å². The van der Waals surface area contributed by atoms with Crippen LogP contribution in [0.15, 0.2) is 67.4 Å². The number of hydrogen-bond donors (Lipinski definition) is 3. The maximum atomic E-state index is 14.7. The summed E-state index contributed by atoms with van der Waals surface area (Å²) in [5.41, 5.74) is 7.97. The van der Waals surface area contributed by atoms with Crippen LogP contribution < -0.4 is 5.32 Å². The summed E-state index contributed by atoms with van der Waals surface area (Å²) in [6.45, 7) is 1.82. The van der Waals surface area contributed by atoms with Gasteiger partial charge in [0.05, 0.1) is 28.9 Å². The van der Waals surface area contributed by atoms with Gasteiger partial charge in [0.25, 0.3) is 0 Å². The first-order valence-electron chi connectivity index (χ1n) is 15.2. The molecule has 7 rings (SSSR count). The SMILES string of the molecule is CS(=O)(=O)CCc1cc(F)cc(-c2cncc3[nH]c(-c4[nH]nc5ncc(-c6cncc(CNCC7CCCC7)c6)cc45)cc23)c1. The minimum atomic E-state index is -3.18. The van der Waals surface area contributed by atoms with Gasteiger partial charge in [-0.3, -0.25) is 15.1 Å². The molecule has 1 saturated carbocycles. The second kappa shape index (κ2) is 12.1. The minimum absolute atomic E-state index is 0.0484. The summed E-state index contributed by atoms with van der Waals surface area (Å²) in [5, 5.41) is 12.9. The molecule has 0 radical (unpaired) electrons. The Morgan fingerprint density at radius 3 is 2.53 bits per heavy atom. The number of halogens is 1. The van der Waals surface area contributed by atoms with Crippen molar-refractivity contribution in [3.63, 3.8) is 0 Å². The van der Waals surface area contributed by atoms with Crippen LogP contribution in [0.3, 0.4) is 0 Å². The van der Waals surface area contributed by atoms with E-state index >= 15 is 0 Å². The summed E-state index contributed by atoms with van der Waals surface area (Å²) in [5.74, 6) is 0.305. The van der Waals surface area contributed by atoms with Crippen molar-refractivity contribution < 1.29 is 12.8 Å². The van der Waals surface area contributed by atoms with Crippen molar-refractivity contribution in [3.8, 4) is 33.6 Å². The quantitative estimate of drug-likeness (QED) is 0.165. The van der Waals surface area contributed by atoms with Gasteiger partial charge in [0, 0.05) is 65.1 Å². The molecular formula is C34H34FN7O2S. The fraction of sp³-hybridized carbons (Fsp3) is 0.294. The number of pyridine rings is 3. The molecule has 11 heteroatoms. The van der Waals surface area contributed by atoms with Crippen LogP contribution in [0, 0.1) is 11.7 Å². The van der Waals surface area contributed by atoms with Gasteiger partial charge in [-0.25, -0.2) is 17.8 Å². The fourth-order valence-electron chi connectivity index (χ4n) is 6.31. The molecule has 6 aromatic rings. The van der Waals surface area contributed by atoms with Crippen LogP contribution in [0.4, 0.5) is 4.39 Å². The molecule has 0 unspecified atom stereocenters. The van der Waals surface area contributed by atoms with E-state index < -0.39 is 15.7 Å². The molecule has 0 aliphatic heterocycles. The molecule has 1 fully saturated rings. The number of fused-ring (bicyclic) bond motifs is 2. The number of aryl methyl sites for hydroxylation is 1. The molecule has 45 heavy (non-hydrogen) atoms. The molecule has 1 aliphatic carbocycles. The van der Waals surface area contributed by atoms with Crippen LogP contribution in [-0.4, -0.2) is 57.1 Å². The molecule has 0 atom stereocenters. The number of aromatic amines is 2. The molecule has 230 valence electrons. The van der Waals surface area contributed by atoms with E-state index in [9.17, 15) is 12.8 Å². The Labute approximate surface area is 260 Å². The number of aromatic nitrogens is 6. The maximum Gasteiger partial charge on any atom is 0.181 e. The number of sulfone groups is 1. The van der Waals surface area contributed by atoms with E-state index in [1.165, 1.54) is 44.1 Å². The van der Waals surface area contributed by atoms with Crippen LogP contribution >= 0.6 is 0 Å². The molecule has 0 saturated heterocycles. The molecule has 5 aromatic heterocycles. The Balaban J connectivity index is 1.19. The van der Waals surface area contributed by atoms with Crippen molar-refractivity contribution in [3.05, 3.63) is 84.3 Å². The fourth-order valence-corrected chi connectivity index (χ4v) is 6.92. The van der Waals surface area contributed by atoms with Crippen LogP contribution in [0.1, 0.15) is 36.8 Å². The standard InChI is InChI=1S/C34H34FN7O2S/c1-45(43,44)7-6-22-8-24(11-27(35)10-22)30-19-38-20-32-28(30)13-31(40-32)33-29-12-26(18-39-34(29)42-41-33)25-9-23(16-37-17-25)15-36-14-21-4-2-3-5-21/h8-13,16-21,36,40H,2-7,14-15H2,1H3,(H,39,41,42). The lowest BCUT2D eigenvalue weighted by Crippen LogP contribution is -2.20. The van der Waals surface area contributed by atoms with Gasteiger partial charge in [-0.1, -0.05) is 18.9 Å². The van der Waals surface area contributed by atoms with Gasteiger partial charge in [0.2, 0.25) is 0 Å². The van der Waals surface area contributed by atoms with Crippen molar-refractivity contribution in [1.82, 2.24) is 35.5 Å². The Bertz CT molecular complexity index is 2120. The van der Waals surface area contributed by atoms with E-state index in [4.69, 9.17) is 0 Å². The van der Waals surface area contributed by atoms with Crippen molar-refractivity contribution in [2.75, 3.05) is 18.6 Å². The summed E-state index contributed by atoms with van der Waals surface area (Å²) in [6, 6.07) is 10.9. The summed E-state index contributed by atoms with van der Waals surface area (Å²) < 4.78 is 38.1. The smallest absolute Gasteiger partial charge is 0.181 e. The van der Waals surface area contributed by atoms with Crippen LogP contribution in [0.2, 0.25) is 0 Å². The highest BCUT2D eigenvalue weighted by Gasteiger charge is 2.17. The molecule has 1 aromatic carbocycles. The van der Waals surface area contributed by atoms with Gasteiger partial charge in [-0.05, 0) is 78.7 Å². The second-order valence-corrected chi connectivity index (χ2v) is 14.4. The molecule has 0 spiro atoms. The summed E-state index contributed by atoms with van der Waals surface area (Å²) in [6.07, 6.45) is 15.7. The Morgan fingerprint density at radius 2 is 1.69 bits per heavy atom. The number of nitrogens with one attached hydrogen (secondary N) is 3. The van der Waals surface area contributed by atoms with Gasteiger partial charge in [0.15, 0.2) is 5.65 Å². The largest absolute Gasteiger partial charge is 0.352 e. The van der Waals surface area contributed by atoms with E-state index in [0.29, 0.717) is 16.8 Å². The van der Waals surface area contributed by atoms with Crippen molar-refractivity contribution >= 4 is 31.8 Å². The van der Waals surface area contributed by atoms with E-state index in [2.05, 4.69) is 47.6 Å². The third kappa shape index (κ3) is 6.50. The highest BCUT2D eigenvalue weighted by atomic mass is 32.2. The summed E-state index contributed by atoms with van der Waals surface area (Å²) >= 11 is 0. The lowest BCUT2D eigenvalue weighted by atomic mass is 10.0. The highest BCUT2D eigenvalue weighted by molar-refractivity contribution is 7.90. The molecular weight excluding hydrogens is 589 g/mol. The molecule has 3 N–H and O–H groups in total. The average Bonchev–Trinajstić information content (AvgIpc) is 3.79. The van der Waals surface area contributed by atoms with Gasteiger partial charge in [-0.15, -0.1) is 0 Å². The first-order chi connectivity index (χ1) is 21.8. The monoisotopic (exact) mass is 623 g/mol. The van der Waals surface area contributed by atoms with Crippen molar-refractivity contribution in [1.29, 1.82) is 0 Å². The predicted molar refractivity (Wildman–Crippen MR) is 175 cm³/mol. The molecule has 9 nitrogen and oxygen atoms in total. The average molecular weight is 624 g/mol. The van der Waals surface area contributed by atoms with Gasteiger partial charge >= 0.3 is 0 Å². The lowest BCUT2D eigenvalue weighted by molar-refractivity contribution is 0.489. The number of nitrogens with zero attached hydrogens (tertiary/aromatic N) is 4. The third-order valence-electron chi connectivity index (χ3n) is 8.62. The lowest BCUT2D eigenvalue weighted by Gasteiger charge is -2.11. The molecule has 1 aliphatic rings. The zero-order valence-corrected chi connectivity index (χ0v) is 25.8. The number of rotatable bonds is 10. The van der Waals surface area contributed by atoms with Crippen LogP contribution in [-0.2, 0) is 22.8 Å². The van der Waals surface area contributed by atoms with E-state index in [1.54, 1.807) is 12.4 Å². The third-order valence-corrected chi connectivity index (χ3v) is 9.57. The highest BCUT2D eigenvalue weighted by Crippen LogP contribution is 2.35. The normalized spacial score (nSPS) is 14.2. The molecule has 0 bridgehead atoms. The number of hydrogen-bond acceptors (Lipinski definition) is 7. The van der Waals surface area contributed by atoms with Gasteiger partial charge in [0.1, 0.15) is 15.7 Å². The molecule has 5 heterocycles. The van der Waals surface area contributed by atoms with Crippen molar-refractivity contribution in [2.24, 2.45) is 5.92 Å². The first-order valence-corrected chi connectivity index (χ1v) is 17.3. The zero-order chi connectivity index (χ0) is 31.0. The van der Waals surface area contributed by atoms with Gasteiger partial charge in [-0.2, -0.15) is 5.10 Å². The predicted octanol–water partition coefficient (Wildman–Crippen LogP) is 6.24. The van der Waals surface area contributed by atoms with Crippen molar-refractivity contribution in [2.45, 2.75) is 38.6 Å². The van der Waals surface area contributed by atoms with E-state index in [1.807, 2.05) is 30.7 Å².